The van der Waals surface area contributed by atoms with E-state index in [0.717, 1.165) is 19.0 Å². The van der Waals surface area contributed by atoms with Gasteiger partial charge >= 0.3 is 0 Å². The van der Waals surface area contributed by atoms with Gasteiger partial charge < -0.3 is 21.1 Å². The first-order valence-corrected chi connectivity index (χ1v) is 5.98. The monoisotopic (exact) mass is 215 g/mol. The van der Waals surface area contributed by atoms with Crippen LogP contribution in [0.4, 0.5) is 0 Å². The summed E-state index contributed by atoms with van der Waals surface area (Å²) in [5.74, 6) is 0.874. The first-order valence-electron chi connectivity index (χ1n) is 5.98. The van der Waals surface area contributed by atoms with Gasteiger partial charge in [-0.25, -0.2) is 0 Å². The highest BCUT2D eigenvalue weighted by atomic mass is 16.3. The lowest BCUT2D eigenvalue weighted by Crippen LogP contribution is -2.38. The number of hydrogen-bond acceptors (Lipinski definition) is 4. The third-order valence-corrected chi connectivity index (χ3v) is 3.21. The van der Waals surface area contributed by atoms with E-state index in [4.69, 9.17) is 10.8 Å². The molecule has 90 valence electrons. The van der Waals surface area contributed by atoms with Crippen LogP contribution < -0.4 is 11.1 Å². The van der Waals surface area contributed by atoms with Crippen LogP contribution in [0.5, 0.6) is 0 Å². The van der Waals surface area contributed by atoms with Gasteiger partial charge in [-0.1, -0.05) is 0 Å². The van der Waals surface area contributed by atoms with E-state index in [2.05, 4.69) is 17.3 Å². The number of rotatable bonds is 6. The van der Waals surface area contributed by atoms with E-state index in [9.17, 15) is 0 Å². The third-order valence-electron chi connectivity index (χ3n) is 3.21. The van der Waals surface area contributed by atoms with Crippen molar-refractivity contribution in [1.29, 1.82) is 0 Å². The van der Waals surface area contributed by atoms with Gasteiger partial charge in [-0.3, -0.25) is 0 Å². The van der Waals surface area contributed by atoms with Crippen LogP contribution in [-0.2, 0) is 0 Å². The van der Waals surface area contributed by atoms with Crippen molar-refractivity contribution >= 4 is 0 Å². The summed E-state index contributed by atoms with van der Waals surface area (Å²) in [5, 5.41) is 12.0. The molecule has 0 aliphatic carbocycles. The van der Waals surface area contributed by atoms with Gasteiger partial charge in [0.25, 0.3) is 0 Å². The third kappa shape index (κ3) is 5.47. The zero-order valence-electron chi connectivity index (χ0n) is 9.78. The van der Waals surface area contributed by atoms with Gasteiger partial charge in [0.2, 0.25) is 0 Å². The Balaban J connectivity index is 1.96. The van der Waals surface area contributed by atoms with Crippen molar-refractivity contribution in [2.24, 2.45) is 11.7 Å². The molecule has 1 aliphatic rings. The van der Waals surface area contributed by atoms with Crippen molar-refractivity contribution in [3.63, 3.8) is 0 Å². The molecule has 0 aromatic rings. The molecule has 4 nitrogen and oxygen atoms in total. The Kier molecular flexibility index (Phi) is 6.17. The smallest absolute Gasteiger partial charge is 0.0594 e. The number of aliphatic hydroxyl groups excluding tert-OH is 1. The van der Waals surface area contributed by atoms with Gasteiger partial charge in [0.05, 0.1) is 6.61 Å². The summed E-state index contributed by atoms with van der Waals surface area (Å²) >= 11 is 0. The van der Waals surface area contributed by atoms with Gasteiger partial charge in [0.1, 0.15) is 0 Å². The number of nitrogens with one attached hydrogen (secondary N) is 1. The van der Waals surface area contributed by atoms with Crippen molar-refractivity contribution < 1.29 is 5.11 Å². The highest BCUT2D eigenvalue weighted by Crippen LogP contribution is 2.18. The van der Waals surface area contributed by atoms with Gasteiger partial charge in [-0.15, -0.1) is 0 Å². The van der Waals surface area contributed by atoms with Gasteiger partial charge in [-0.05, 0) is 51.9 Å². The molecule has 0 spiro atoms. The number of nitrogens with zero attached hydrogens (tertiary/aromatic N) is 1. The summed E-state index contributed by atoms with van der Waals surface area (Å²) in [6.45, 7) is 4.30. The van der Waals surface area contributed by atoms with E-state index in [1.54, 1.807) is 0 Å². The number of hydrogen-bond donors (Lipinski definition) is 3. The molecule has 0 bridgehead atoms. The maximum atomic E-state index is 8.74. The fourth-order valence-corrected chi connectivity index (χ4v) is 2.01. The van der Waals surface area contributed by atoms with Crippen LogP contribution in [-0.4, -0.2) is 55.9 Å². The second-order valence-corrected chi connectivity index (χ2v) is 4.68. The van der Waals surface area contributed by atoms with Crippen molar-refractivity contribution in [2.75, 3.05) is 39.8 Å². The standard InChI is InChI=1S/C11H25N3O/c1-14-6-3-10(4-7-14)2-5-13-8-11(12)9-15/h10-11,13,15H,2-9,12H2,1H3. The topological polar surface area (TPSA) is 61.5 Å². The summed E-state index contributed by atoms with van der Waals surface area (Å²) < 4.78 is 0. The Morgan fingerprint density at radius 3 is 2.73 bits per heavy atom. The van der Waals surface area contributed by atoms with E-state index < -0.39 is 0 Å². The minimum absolute atomic E-state index is 0.0707. The quantitative estimate of drug-likeness (QED) is 0.529. The molecular weight excluding hydrogens is 190 g/mol. The molecule has 1 unspecified atom stereocenters. The number of nitrogens with two attached hydrogens (primary N) is 1. The fourth-order valence-electron chi connectivity index (χ4n) is 2.01. The first kappa shape index (κ1) is 12.9. The van der Waals surface area contributed by atoms with Crippen LogP contribution in [0.15, 0.2) is 0 Å². The average Bonchev–Trinajstić information content (AvgIpc) is 2.26. The molecule has 15 heavy (non-hydrogen) atoms. The zero-order valence-corrected chi connectivity index (χ0v) is 9.78. The lowest BCUT2D eigenvalue weighted by Gasteiger charge is -2.29. The van der Waals surface area contributed by atoms with Crippen molar-refractivity contribution in [3.8, 4) is 0 Å². The molecular formula is C11H25N3O. The van der Waals surface area contributed by atoms with Gasteiger partial charge in [0, 0.05) is 12.6 Å². The molecule has 1 rings (SSSR count). The molecule has 0 aromatic carbocycles. The van der Waals surface area contributed by atoms with Gasteiger partial charge in [-0.2, -0.15) is 0 Å². The molecule has 1 saturated heterocycles. The Bertz CT molecular complexity index is 158. The fraction of sp³-hybridized carbons (Fsp3) is 1.00. The van der Waals surface area contributed by atoms with Crippen molar-refractivity contribution in [3.05, 3.63) is 0 Å². The van der Waals surface area contributed by atoms with Crippen LogP contribution in [0.3, 0.4) is 0 Å². The lowest BCUT2D eigenvalue weighted by molar-refractivity contribution is 0.210. The molecule has 1 atom stereocenters. The molecule has 0 amide bonds. The summed E-state index contributed by atoms with van der Waals surface area (Å²) in [6, 6.07) is -0.109. The predicted molar refractivity (Wildman–Crippen MR) is 62.8 cm³/mol. The molecule has 1 fully saturated rings. The predicted octanol–water partition coefficient (Wildman–Crippen LogP) is -0.372. The number of aliphatic hydroxyl groups is 1. The number of piperidine rings is 1. The van der Waals surface area contributed by atoms with Crippen LogP contribution in [0, 0.1) is 5.92 Å². The maximum absolute atomic E-state index is 8.74. The summed E-state index contributed by atoms with van der Waals surface area (Å²) in [5.41, 5.74) is 5.59. The minimum atomic E-state index is -0.109. The second kappa shape index (κ2) is 7.17. The normalized spacial score (nSPS) is 21.8. The highest BCUT2D eigenvalue weighted by molar-refractivity contribution is 4.71. The van der Waals surface area contributed by atoms with Crippen LogP contribution >= 0.6 is 0 Å². The molecule has 0 radical (unpaired) electrons. The minimum Gasteiger partial charge on any atom is -0.395 e. The molecule has 4 N–H and O–H groups in total. The molecule has 1 heterocycles. The van der Waals surface area contributed by atoms with Crippen LogP contribution in [0.1, 0.15) is 19.3 Å². The average molecular weight is 215 g/mol. The highest BCUT2D eigenvalue weighted by Gasteiger charge is 2.15. The SMILES string of the molecule is CN1CCC(CCNCC(N)CO)CC1. The van der Waals surface area contributed by atoms with E-state index in [1.165, 1.54) is 32.4 Å². The molecule has 0 aromatic heterocycles. The Labute approximate surface area is 92.8 Å². The molecule has 1 aliphatic heterocycles. The van der Waals surface area contributed by atoms with Crippen molar-refractivity contribution in [2.45, 2.75) is 25.3 Å². The first-order chi connectivity index (χ1) is 7.22. The van der Waals surface area contributed by atoms with Gasteiger partial charge in [0.15, 0.2) is 0 Å². The van der Waals surface area contributed by atoms with E-state index in [1.807, 2.05) is 0 Å². The Morgan fingerprint density at radius 1 is 1.47 bits per heavy atom. The summed E-state index contributed by atoms with van der Waals surface area (Å²) in [4.78, 5) is 2.39. The van der Waals surface area contributed by atoms with Crippen molar-refractivity contribution in [1.82, 2.24) is 10.2 Å². The molecule has 0 saturated carbocycles. The lowest BCUT2D eigenvalue weighted by atomic mass is 9.94. The second-order valence-electron chi connectivity index (χ2n) is 4.68. The van der Waals surface area contributed by atoms with Crippen LogP contribution in [0.2, 0.25) is 0 Å². The van der Waals surface area contributed by atoms with E-state index >= 15 is 0 Å². The number of likely N-dealkylation sites (tertiary alicyclic amines) is 1. The maximum Gasteiger partial charge on any atom is 0.0594 e. The summed E-state index contributed by atoms with van der Waals surface area (Å²) in [7, 11) is 2.19. The van der Waals surface area contributed by atoms with E-state index in [0.29, 0.717) is 0 Å². The zero-order chi connectivity index (χ0) is 11.1. The van der Waals surface area contributed by atoms with Crippen LogP contribution in [0.25, 0.3) is 0 Å². The largest absolute Gasteiger partial charge is 0.395 e. The van der Waals surface area contributed by atoms with E-state index in [-0.39, 0.29) is 12.6 Å². The Hall–Kier alpha value is -0.160. The Morgan fingerprint density at radius 2 is 2.13 bits per heavy atom. The molecule has 4 heteroatoms. The summed E-state index contributed by atoms with van der Waals surface area (Å²) in [6.07, 6.45) is 3.89.